The monoisotopic (exact) mass is 605 g/mol. The van der Waals surface area contributed by atoms with Crippen molar-refractivity contribution < 1.29 is 19.1 Å². The molecule has 0 radical (unpaired) electrons. The summed E-state index contributed by atoms with van der Waals surface area (Å²) in [6.45, 7) is 11.9. The molecular weight excluding hydrogens is 558 g/mol. The third-order valence-electron chi connectivity index (χ3n) is 7.31. The Bertz CT molecular complexity index is 1400. The van der Waals surface area contributed by atoms with Crippen LogP contribution in [0.2, 0.25) is 0 Å². The summed E-state index contributed by atoms with van der Waals surface area (Å²) in [5.74, 6) is 0.0595. The predicted octanol–water partition coefficient (Wildman–Crippen LogP) is 7.80. The van der Waals surface area contributed by atoms with Crippen LogP contribution in [0.3, 0.4) is 0 Å². The quantitative estimate of drug-likeness (QED) is 0.194. The van der Waals surface area contributed by atoms with Crippen molar-refractivity contribution in [1.82, 2.24) is 10.2 Å². The van der Waals surface area contributed by atoms with Crippen molar-refractivity contribution in [2.45, 2.75) is 84.9 Å². The number of hydrogen-bond donors (Lipinski definition) is 2. The number of rotatable bonds is 13. The second kappa shape index (κ2) is 15.8. The molecule has 3 aromatic carbocycles. The number of fused-ring (bicyclic) bond motifs is 1. The summed E-state index contributed by atoms with van der Waals surface area (Å²) in [4.78, 5) is 43.1. The molecule has 43 heavy (non-hydrogen) atoms. The van der Waals surface area contributed by atoms with Crippen molar-refractivity contribution in [3.05, 3.63) is 77.4 Å². The first-order chi connectivity index (χ1) is 20.4. The Labute approximate surface area is 261 Å². The first-order valence-electron chi connectivity index (χ1n) is 15.1. The molecule has 0 aromatic heterocycles. The maximum absolute atomic E-state index is 14.4. The molecular formula is C35H47N3O4S. The van der Waals surface area contributed by atoms with E-state index in [0.29, 0.717) is 24.4 Å². The minimum absolute atomic E-state index is 0.298. The van der Waals surface area contributed by atoms with Crippen molar-refractivity contribution in [3.8, 4) is 0 Å². The number of hydrogen-bond acceptors (Lipinski definition) is 5. The van der Waals surface area contributed by atoms with E-state index in [0.717, 1.165) is 46.7 Å². The lowest BCUT2D eigenvalue weighted by Crippen LogP contribution is -2.52. The smallest absolute Gasteiger partial charge is 0.408 e. The Morgan fingerprint density at radius 2 is 1.65 bits per heavy atom. The number of benzene rings is 3. The molecule has 2 unspecified atom stereocenters. The Balaban J connectivity index is 2.05. The van der Waals surface area contributed by atoms with E-state index in [-0.39, 0.29) is 11.8 Å². The lowest BCUT2D eigenvalue weighted by molar-refractivity contribution is -0.141. The van der Waals surface area contributed by atoms with Gasteiger partial charge in [0.15, 0.2) is 0 Å². The van der Waals surface area contributed by atoms with Gasteiger partial charge in [-0.3, -0.25) is 9.59 Å². The van der Waals surface area contributed by atoms with E-state index in [4.69, 9.17) is 4.74 Å². The van der Waals surface area contributed by atoms with Gasteiger partial charge < -0.3 is 20.3 Å². The Morgan fingerprint density at radius 3 is 2.30 bits per heavy atom. The fourth-order valence-corrected chi connectivity index (χ4v) is 5.40. The molecule has 3 amide bonds. The van der Waals surface area contributed by atoms with Gasteiger partial charge in [0.2, 0.25) is 5.91 Å². The van der Waals surface area contributed by atoms with E-state index in [9.17, 15) is 14.4 Å². The van der Waals surface area contributed by atoms with E-state index in [1.807, 2.05) is 80.8 Å². The molecule has 8 heteroatoms. The third kappa shape index (κ3) is 10.0. The van der Waals surface area contributed by atoms with Crippen molar-refractivity contribution in [2.24, 2.45) is 0 Å². The first kappa shape index (κ1) is 34.0. The number of unbranched alkanes of at least 4 members (excludes halogenated alkanes) is 2. The fourth-order valence-electron chi connectivity index (χ4n) is 4.93. The number of amides is 3. The van der Waals surface area contributed by atoms with E-state index in [1.165, 1.54) is 0 Å². The van der Waals surface area contributed by atoms with Crippen molar-refractivity contribution in [1.29, 1.82) is 0 Å². The first-order valence-corrected chi connectivity index (χ1v) is 16.5. The molecule has 2 N–H and O–H groups in total. The predicted molar refractivity (Wildman–Crippen MR) is 179 cm³/mol. The van der Waals surface area contributed by atoms with E-state index in [2.05, 4.69) is 17.6 Å². The molecule has 0 aliphatic heterocycles. The maximum Gasteiger partial charge on any atom is 0.408 e. The average molecular weight is 606 g/mol. The number of ether oxygens (including phenoxy) is 1. The summed E-state index contributed by atoms with van der Waals surface area (Å²) in [6, 6.07) is 17.9. The molecule has 0 spiro atoms. The molecule has 0 aliphatic carbocycles. The van der Waals surface area contributed by atoms with Gasteiger partial charge >= 0.3 is 6.09 Å². The van der Waals surface area contributed by atoms with E-state index in [1.54, 1.807) is 37.4 Å². The summed E-state index contributed by atoms with van der Waals surface area (Å²) >= 11 is 1.60. The molecule has 0 saturated carbocycles. The van der Waals surface area contributed by atoms with Crippen LogP contribution in [0.25, 0.3) is 10.8 Å². The molecule has 3 rings (SSSR count). The molecule has 7 nitrogen and oxygen atoms in total. The molecule has 0 heterocycles. The van der Waals surface area contributed by atoms with Crippen LogP contribution in [-0.4, -0.2) is 53.0 Å². The Morgan fingerprint density at radius 1 is 0.930 bits per heavy atom. The summed E-state index contributed by atoms with van der Waals surface area (Å²) < 4.78 is 5.51. The second-order valence-electron chi connectivity index (χ2n) is 12.0. The topological polar surface area (TPSA) is 87.7 Å². The molecule has 2 atom stereocenters. The number of nitrogens with zero attached hydrogens (tertiary/aromatic N) is 1. The van der Waals surface area contributed by atoms with Crippen molar-refractivity contribution in [3.63, 3.8) is 0 Å². The summed E-state index contributed by atoms with van der Waals surface area (Å²) in [5.41, 5.74) is 2.81. The highest BCUT2D eigenvalue weighted by Crippen LogP contribution is 2.28. The van der Waals surface area contributed by atoms with Gasteiger partial charge in [0.05, 0.1) is 0 Å². The molecule has 0 aliphatic rings. The minimum Gasteiger partial charge on any atom is -0.444 e. The van der Waals surface area contributed by atoms with Crippen LogP contribution in [-0.2, 0) is 14.3 Å². The van der Waals surface area contributed by atoms with E-state index < -0.39 is 23.8 Å². The van der Waals surface area contributed by atoms with Crippen LogP contribution >= 0.6 is 11.8 Å². The molecule has 0 saturated heterocycles. The number of aryl methyl sites for hydroxylation is 2. The van der Waals surface area contributed by atoms with Crippen molar-refractivity contribution >= 4 is 46.1 Å². The van der Waals surface area contributed by atoms with Gasteiger partial charge in [-0.1, -0.05) is 68.3 Å². The number of carbonyl (C=O) groups excluding carboxylic acids is 3. The SMILES string of the molecule is CCCCCN(C(=O)C(CCSC)NC(=O)OC(C)(C)C)C(C(=O)Nc1ccc2ccccc2c1)c1ccc(C)c(C)c1. The lowest BCUT2D eigenvalue weighted by atomic mass is 9.97. The minimum atomic E-state index is -0.896. The summed E-state index contributed by atoms with van der Waals surface area (Å²) in [5, 5.41) is 8.00. The van der Waals surface area contributed by atoms with Gasteiger partial charge in [-0.05, 0) is 99.1 Å². The Hall–Kier alpha value is -3.52. The van der Waals surface area contributed by atoms with Gasteiger partial charge in [-0.15, -0.1) is 0 Å². The number of thioether (sulfide) groups is 1. The standard InChI is InChI=1S/C35H47N3O4S/c1-8-9-12-20-38(33(40)30(19-21-43-7)37-34(41)42-35(4,5)6)31(28-16-15-24(2)25(3)22-28)32(39)36-29-18-17-26-13-10-11-14-27(26)23-29/h10-11,13-18,22-23,30-31H,8-9,12,19-21H2,1-7H3,(H,36,39)(H,37,41). The molecule has 0 fully saturated rings. The van der Waals surface area contributed by atoms with Crippen LogP contribution in [0, 0.1) is 13.8 Å². The number of alkyl carbamates (subject to hydrolysis) is 1. The summed E-state index contributed by atoms with van der Waals surface area (Å²) in [7, 11) is 0. The highest BCUT2D eigenvalue weighted by Gasteiger charge is 2.36. The molecule has 232 valence electrons. The van der Waals surface area contributed by atoms with Crippen LogP contribution in [0.1, 0.15) is 76.1 Å². The van der Waals surface area contributed by atoms with Gasteiger partial charge in [0.25, 0.3) is 5.91 Å². The van der Waals surface area contributed by atoms with Gasteiger partial charge in [-0.25, -0.2) is 4.79 Å². The number of carbonyl (C=O) groups is 3. The number of nitrogens with one attached hydrogen (secondary N) is 2. The van der Waals surface area contributed by atoms with Gasteiger partial charge in [0.1, 0.15) is 17.7 Å². The fraction of sp³-hybridized carbons (Fsp3) is 0.457. The highest BCUT2D eigenvalue weighted by molar-refractivity contribution is 7.98. The maximum atomic E-state index is 14.4. The Kier molecular flexibility index (Phi) is 12.5. The molecule has 3 aromatic rings. The van der Waals surface area contributed by atoms with Gasteiger partial charge in [0, 0.05) is 12.2 Å². The van der Waals surface area contributed by atoms with Crippen LogP contribution in [0.5, 0.6) is 0 Å². The van der Waals surface area contributed by atoms with Gasteiger partial charge in [-0.2, -0.15) is 11.8 Å². The van der Waals surface area contributed by atoms with Crippen LogP contribution in [0.4, 0.5) is 10.5 Å². The van der Waals surface area contributed by atoms with Crippen LogP contribution in [0.15, 0.2) is 60.7 Å². The largest absolute Gasteiger partial charge is 0.444 e. The molecule has 0 bridgehead atoms. The lowest BCUT2D eigenvalue weighted by Gasteiger charge is -2.35. The average Bonchev–Trinajstić information content (AvgIpc) is 2.95. The third-order valence-corrected chi connectivity index (χ3v) is 7.95. The highest BCUT2D eigenvalue weighted by atomic mass is 32.2. The summed E-state index contributed by atoms with van der Waals surface area (Å²) in [6.07, 6.45) is 4.33. The van der Waals surface area contributed by atoms with Crippen molar-refractivity contribution in [2.75, 3.05) is 23.9 Å². The van der Waals surface area contributed by atoms with Crippen LogP contribution < -0.4 is 10.6 Å². The second-order valence-corrected chi connectivity index (χ2v) is 13.0. The number of anilines is 1. The van der Waals surface area contributed by atoms with E-state index >= 15 is 0 Å². The zero-order chi connectivity index (χ0) is 31.6. The zero-order valence-electron chi connectivity index (χ0n) is 26.7. The zero-order valence-corrected chi connectivity index (χ0v) is 27.5. The normalized spacial score (nSPS) is 12.8.